The molecule has 15 heteroatoms. The van der Waals surface area contributed by atoms with E-state index < -0.39 is 35.3 Å². The number of unbranched alkanes of at least 4 members (excludes halogenated alkanes) is 2. The standard InChI is InChI=1S/C67H91N3O10S2/c1-5-7-9-11-13-15-17-19-21-23-25-27-29-31-33-35-37-47-60(72)68-51-53-81-82-54-52-69-61(73)49-50-70-64(75)63(80-66(77)57-44-40-42-46-59(57)79-65(76)56-43-39-41-45-58(56)71)67(3,4)55-78-62(74)48-38-36-34-32-30-28-26-24-22-20-18-16-14-12-10-8-6-2/h7-10,13-16,19-22,25-28,31-34,39-46,63,71H,5-6,11-12,17-18,23-24,29-30,35-38,47-55H2,1-4H3,(H,68,72)(H,69,73)(H,70,75)/b9-7-,10-8-,15-13-,16-14-,21-19-,22-20-,27-25-,28-26-,33-31-,34-32+/t63-/m0/s1. The van der Waals surface area contributed by atoms with Crippen molar-refractivity contribution in [2.75, 3.05) is 37.7 Å². The van der Waals surface area contributed by atoms with Crippen LogP contribution in [0.2, 0.25) is 0 Å². The number of phenolic OH excluding ortho intramolecular Hbond substituents is 1. The lowest BCUT2D eigenvalue weighted by molar-refractivity contribution is -0.153. The molecule has 0 heterocycles. The minimum absolute atomic E-state index is 0.0305. The van der Waals surface area contributed by atoms with E-state index >= 15 is 0 Å². The van der Waals surface area contributed by atoms with Gasteiger partial charge in [0, 0.05) is 55.8 Å². The fourth-order valence-electron chi connectivity index (χ4n) is 7.31. The van der Waals surface area contributed by atoms with Crippen LogP contribution < -0.4 is 20.7 Å². The second-order valence-electron chi connectivity index (χ2n) is 19.4. The van der Waals surface area contributed by atoms with Gasteiger partial charge < -0.3 is 35.3 Å². The van der Waals surface area contributed by atoms with E-state index in [1.807, 2.05) is 6.08 Å². The highest BCUT2D eigenvalue weighted by Gasteiger charge is 2.40. The number of esters is 3. The fourth-order valence-corrected chi connectivity index (χ4v) is 9.12. The second-order valence-corrected chi connectivity index (χ2v) is 22.1. The lowest BCUT2D eigenvalue weighted by atomic mass is 9.86. The number of benzene rings is 2. The number of para-hydroxylation sites is 2. The van der Waals surface area contributed by atoms with E-state index in [4.69, 9.17) is 14.2 Å². The second kappa shape index (κ2) is 47.8. The number of nitrogens with one attached hydrogen (secondary N) is 3. The van der Waals surface area contributed by atoms with Crippen LogP contribution in [0.1, 0.15) is 158 Å². The molecule has 0 saturated heterocycles. The van der Waals surface area contributed by atoms with E-state index in [-0.39, 0.29) is 60.4 Å². The molecule has 0 aliphatic rings. The maximum absolute atomic E-state index is 13.9. The first-order valence-corrected chi connectivity index (χ1v) is 31.4. The molecule has 13 nitrogen and oxygen atoms in total. The first-order valence-electron chi connectivity index (χ1n) is 28.9. The molecule has 0 aromatic heterocycles. The molecule has 3 amide bonds. The summed E-state index contributed by atoms with van der Waals surface area (Å²) in [7, 11) is 3.18. The normalized spacial score (nSPS) is 12.7. The van der Waals surface area contributed by atoms with Crippen LogP contribution in [0.5, 0.6) is 11.5 Å². The predicted molar refractivity (Wildman–Crippen MR) is 339 cm³/mol. The Hall–Kier alpha value is -6.84. The van der Waals surface area contributed by atoms with Crippen molar-refractivity contribution in [1.82, 2.24) is 16.0 Å². The van der Waals surface area contributed by atoms with Crippen LogP contribution in [0, 0.1) is 5.41 Å². The molecule has 2 aromatic carbocycles. The van der Waals surface area contributed by atoms with Gasteiger partial charge in [-0.1, -0.05) is 195 Å². The highest BCUT2D eigenvalue weighted by atomic mass is 33.1. The van der Waals surface area contributed by atoms with Crippen LogP contribution in [0.4, 0.5) is 0 Å². The minimum atomic E-state index is -1.52. The van der Waals surface area contributed by atoms with Crippen molar-refractivity contribution < 1.29 is 48.1 Å². The third-order valence-electron chi connectivity index (χ3n) is 11.8. The number of hydrogen-bond donors (Lipinski definition) is 4. The zero-order valence-electron chi connectivity index (χ0n) is 48.9. The van der Waals surface area contributed by atoms with Gasteiger partial charge in [0.25, 0.3) is 5.91 Å². The lowest BCUT2D eigenvalue weighted by Gasteiger charge is -2.32. The quantitative estimate of drug-likeness (QED) is 0.0162. The van der Waals surface area contributed by atoms with Crippen molar-refractivity contribution in [2.45, 2.75) is 143 Å². The van der Waals surface area contributed by atoms with Crippen molar-refractivity contribution in [1.29, 1.82) is 0 Å². The van der Waals surface area contributed by atoms with Gasteiger partial charge >= 0.3 is 17.9 Å². The summed E-state index contributed by atoms with van der Waals surface area (Å²) in [5.41, 5.74) is -1.56. The average molecular weight is 1160 g/mol. The molecule has 0 radical (unpaired) electrons. The van der Waals surface area contributed by atoms with Crippen LogP contribution in [0.15, 0.2) is 170 Å². The van der Waals surface area contributed by atoms with Crippen molar-refractivity contribution in [3.05, 3.63) is 181 Å². The number of ether oxygens (including phenoxy) is 3. The summed E-state index contributed by atoms with van der Waals surface area (Å²) in [6, 6.07) is 11.6. The Balaban J connectivity index is 1.79. The Morgan fingerprint density at radius 2 is 0.939 bits per heavy atom. The molecule has 446 valence electrons. The third kappa shape index (κ3) is 36.5. The van der Waals surface area contributed by atoms with E-state index in [1.54, 1.807) is 53.6 Å². The third-order valence-corrected chi connectivity index (χ3v) is 14.2. The summed E-state index contributed by atoms with van der Waals surface area (Å²) in [5, 5.41) is 18.7. The van der Waals surface area contributed by atoms with Gasteiger partial charge in [-0.2, -0.15) is 0 Å². The first kappa shape index (κ1) is 71.3. The molecule has 0 spiro atoms. The van der Waals surface area contributed by atoms with E-state index in [0.29, 0.717) is 43.9 Å². The molecule has 0 unspecified atom stereocenters. The maximum atomic E-state index is 13.9. The molecule has 0 saturated carbocycles. The Morgan fingerprint density at radius 3 is 1.43 bits per heavy atom. The molecular formula is C67H91N3O10S2. The summed E-state index contributed by atoms with van der Waals surface area (Å²) in [5.74, 6) is -2.53. The van der Waals surface area contributed by atoms with Gasteiger partial charge in [0.2, 0.25) is 11.8 Å². The van der Waals surface area contributed by atoms with Crippen LogP contribution in [0.25, 0.3) is 0 Å². The number of hydrogen-bond acceptors (Lipinski definition) is 12. The lowest BCUT2D eigenvalue weighted by Crippen LogP contribution is -2.49. The zero-order chi connectivity index (χ0) is 59.6. The number of aromatic hydroxyl groups is 1. The Morgan fingerprint density at radius 1 is 0.512 bits per heavy atom. The topological polar surface area (TPSA) is 186 Å². The first-order chi connectivity index (χ1) is 39.9. The minimum Gasteiger partial charge on any atom is -0.507 e. The largest absolute Gasteiger partial charge is 0.507 e. The molecule has 0 bridgehead atoms. The number of rotatable bonds is 44. The molecule has 0 fully saturated rings. The molecule has 2 rings (SSSR count). The molecule has 1 atom stereocenters. The monoisotopic (exact) mass is 1160 g/mol. The number of allylic oxidation sites excluding steroid dienone is 20. The van der Waals surface area contributed by atoms with Gasteiger partial charge in [0.05, 0.1) is 0 Å². The highest BCUT2D eigenvalue weighted by molar-refractivity contribution is 8.76. The fraction of sp³-hybridized carbons (Fsp3) is 0.433. The van der Waals surface area contributed by atoms with Gasteiger partial charge in [0.1, 0.15) is 29.2 Å². The van der Waals surface area contributed by atoms with Crippen molar-refractivity contribution in [3.8, 4) is 11.5 Å². The van der Waals surface area contributed by atoms with E-state index in [0.717, 1.165) is 77.0 Å². The Kier molecular flexibility index (Phi) is 41.5. The molecule has 0 aliphatic heterocycles. The van der Waals surface area contributed by atoms with E-state index in [1.165, 1.54) is 30.3 Å². The smallest absolute Gasteiger partial charge is 0.347 e. The number of amides is 3. The van der Waals surface area contributed by atoms with Crippen molar-refractivity contribution >= 4 is 57.2 Å². The van der Waals surface area contributed by atoms with Gasteiger partial charge in [-0.25, -0.2) is 9.59 Å². The molecule has 0 aliphatic carbocycles. The number of carbonyl (C=O) groups excluding carboxylic acids is 6. The summed E-state index contributed by atoms with van der Waals surface area (Å²) in [4.78, 5) is 78.7. The van der Waals surface area contributed by atoms with Crippen LogP contribution >= 0.6 is 21.6 Å². The molecular weight excluding hydrogens is 1070 g/mol. The van der Waals surface area contributed by atoms with Crippen LogP contribution in [-0.2, 0) is 28.7 Å². The summed E-state index contributed by atoms with van der Waals surface area (Å²) < 4.78 is 17.0. The van der Waals surface area contributed by atoms with E-state index in [9.17, 15) is 33.9 Å². The van der Waals surface area contributed by atoms with Crippen molar-refractivity contribution in [3.63, 3.8) is 0 Å². The number of phenols is 1. The Bertz CT molecular complexity index is 2490. The summed E-state index contributed by atoms with van der Waals surface area (Å²) >= 11 is 0. The summed E-state index contributed by atoms with van der Waals surface area (Å²) in [6.45, 7) is 8.07. The van der Waals surface area contributed by atoms with Gasteiger partial charge in [-0.05, 0) is 114 Å². The van der Waals surface area contributed by atoms with E-state index in [2.05, 4.69) is 145 Å². The van der Waals surface area contributed by atoms with Gasteiger partial charge in [-0.3, -0.25) is 19.2 Å². The SMILES string of the molecule is CC/C=C\C/C=C\C/C=C\C/C=C\C/C=C\CCCC(=O)NCCSSCCNC(=O)CCNC(=O)[C@H](OC(=O)c1ccccc1OC(=O)c1ccccc1O)C(C)(C)COC(=O)CCC/C=C/C/C=C\C/C=C\C/C=C\C/C=C\CC. The Labute approximate surface area is 497 Å². The molecule has 82 heavy (non-hydrogen) atoms. The molecule has 2 aromatic rings. The molecule has 4 N–H and O–H groups in total. The predicted octanol–water partition coefficient (Wildman–Crippen LogP) is 14.7. The highest BCUT2D eigenvalue weighted by Crippen LogP contribution is 2.29. The maximum Gasteiger partial charge on any atom is 0.347 e. The number of carbonyl (C=O) groups is 6. The van der Waals surface area contributed by atoms with Gasteiger partial charge in [-0.15, -0.1) is 0 Å². The van der Waals surface area contributed by atoms with Crippen molar-refractivity contribution in [2.24, 2.45) is 5.41 Å². The van der Waals surface area contributed by atoms with Crippen LogP contribution in [0.3, 0.4) is 0 Å². The average Bonchev–Trinajstić information content (AvgIpc) is 3.67. The van der Waals surface area contributed by atoms with Gasteiger partial charge in [0.15, 0.2) is 6.10 Å². The summed E-state index contributed by atoms with van der Waals surface area (Å²) in [6.07, 6.45) is 54.2. The van der Waals surface area contributed by atoms with Crippen LogP contribution in [-0.4, -0.2) is 84.6 Å². The zero-order valence-corrected chi connectivity index (χ0v) is 50.6.